The third-order valence-corrected chi connectivity index (χ3v) is 4.68. The van der Waals surface area contributed by atoms with Crippen molar-refractivity contribution in [3.63, 3.8) is 0 Å². The molecule has 1 atom stereocenters. The van der Waals surface area contributed by atoms with Gasteiger partial charge in [-0.1, -0.05) is 18.2 Å². The average Bonchev–Trinajstić information content (AvgIpc) is 2.73. The van der Waals surface area contributed by atoms with Crippen molar-refractivity contribution in [1.82, 2.24) is 15.5 Å². The number of nitrogens with zero attached hydrogens (tertiary/aromatic N) is 2. The van der Waals surface area contributed by atoms with Gasteiger partial charge in [0.15, 0.2) is 0 Å². The molecule has 186 valence electrons. The Kier molecular flexibility index (Phi) is 11.0. The highest BCUT2D eigenvalue weighted by atomic mass is 16.6. The summed E-state index contributed by atoms with van der Waals surface area (Å²) in [6.07, 6.45) is -0.828. The number of alkyl carbamates (subject to hydrolysis) is 1. The smallest absolute Gasteiger partial charge is 0.408 e. The molecule has 0 aliphatic heterocycles. The first-order valence-electron chi connectivity index (χ1n) is 11.0. The minimum atomic E-state index is -1.14. The van der Waals surface area contributed by atoms with Gasteiger partial charge in [-0.05, 0) is 58.2 Å². The van der Waals surface area contributed by atoms with Crippen molar-refractivity contribution >= 4 is 23.9 Å². The summed E-state index contributed by atoms with van der Waals surface area (Å²) in [5, 5.41) is 14.4. The molecule has 2 N–H and O–H groups in total. The van der Waals surface area contributed by atoms with Crippen LogP contribution in [0.5, 0.6) is 0 Å². The van der Waals surface area contributed by atoms with E-state index in [1.54, 1.807) is 39.8 Å². The second-order valence-corrected chi connectivity index (χ2v) is 8.63. The molecule has 0 aliphatic carbocycles. The van der Waals surface area contributed by atoms with Gasteiger partial charge < -0.3 is 25.0 Å². The van der Waals surface area contributed by atoms with Gasteiger partial charge in [-0.2, -0.15) is 5.26 Å². The van der Waals surface area contributed by atoms with Crippen LogP contribution >= 0.6 is 0 Å². The summed E-state index contributed by atoms with van der Waals surface area (Å²) in [6.45, 7) is 9.91. The van der Waals surface area contributed by atoms with Gasteiger partial charge >= 0.3 is 12.1 Å². The summed E-state index contributed by atoms with van der Waals surface area (Å²) in [5.41, 5.74) is 1.64. The molecule has 1 aromatic carbocycles. The van der Waals surface area contributed by atoms with E-state index >= 15 is 0 Å². The molecule has 0 saturated carbocycles. The van der Waals surface area contributed by atoms with Crippen molar-refractivity contribution in [3.8, 4) is 6.07 Å². The maximum atomic E-state index is 13.1. The van der Waals surface area contributed by atoms with Crippen molar-refractivity contribution in [2.75, 3.05) is 26.2 Å². The molecule has 0 aliphatic rings. The molecule has 10 nitrogen and oxygen atoms in total. The number of esters is 1. The summed E-state index contributed by atoms with van der Waals surface area (Å²) in [7, 11) is 0. The Balaban J connectivity index is 3.13. The Morgan fingerprint density at radius 2 is 1.79 bits per heavy atom. The van der Waals surface area contributed by atoms with Crippen LogP contribution in [-0.4, -0.2) is 60.6 Å². The molecular weight excluding hydrogens is 440 g/mol. The van der Waals surface area contributed by atoms with Gasteiger partial charge in [-0.15, -0.1) is 0 Å². The number of amides is 3. The Hall–Kier alpha value is -3.61. The van der Waals surface area contributed by atoms with Crippen molar-refractivity contribution in [2.24, 2.45) is 0 Å². The van der Waals surface area contributed by atoms with Crippen LogP contribution in [0.1, 0.15) is 56.8 Å². The molecule has 0 heterocycles. The number of hydrogen-bond acceptors (Lipinski definition) is 7. The van der Waals surface area contributed by atoms with E-state index in [0.29, 0.717) is 5.56 Å². The van der Waals surface area contributed by atoms with Gasteiger partial charge in [-0.25, -0.2) is 4.79 Å². The normalized spacial score (nSPS) is 11.6. The lowest BCUT2D eigenvalue weighted by Gasteiger charge is -2.30. The third-order valence-electron chi connectivity index (χ3n) is 4.68. The molecule has 1 rings (SSSR count). The highest BCUT2D eigenvalue weighted by Gasteiger charge is 2.32. The number of carbonyl (C=O) groups excluding carboxylic acids is 4. The Labute approximate surface area is 200 Å². The number of ether oxygens (including phenoxy) is 2. The third kappa shape index (κ3) is 9.48. The lowest BCUT2D eigenvalue weighted by molar-refractivity contribution is -0.143. The van der Waals surface area contributed by atoms with Crippen LogP contribution in [0.25, 0.3) is 0 Å². The quantitative estimate of drug-likeness (QED) is 0.392. The Morgan fingerprint density at radius 1 is 1.12 bits per heavy atom. The highest BCUT2D eigenvalue weighted by Crippen LogP contribution is 2.24. The molecule has 0 spiro atoms. The van der Waals surface area contributed by atoms with E-state index in [-0.39, 0.29) is 19.6 Å². The molecule has 0 bridgehead atoms. The molecular formula is C24H34N4O6. The molecule has 10 heteroatoms. The molecule has 0 fully saturated rings. The van der Waals surface area contributed by atoms with Gasteiger partial charge in [0.1, 0.15) is 24.7 Å². The van der Waals surface area contributed by atoms with E-state index in [0.717, 1.165) is 16.0 Å². The molecule has 1 unspecified atom stereocenters. The van der Waals surface area contributed by atoms with Crippen LogP contribution < -0.4 is 10.6 Å². The first-order chi connectivity index (χ1) is 15.9. The number of nitrogens with one attached hydrogen (secondary N) is 2. The first kappa shape index (κ1) is 28.4. The second-order valence-electron chi connectivity index (χ2n) is 8.63. The zero-order valence-corrected chi connectivity index (χ0v) is 20.7. The van der Waals surface area contributed by atoms with Crippen LogP contribution in [0.4, 0.5) is 4.79 Å². The van der Waals surface area contributed by atoms with Gasteiger partial charge in [-0.3, -0.25) is 14.4 Å². The number of carbonyl (C=O) groups is 4. The maximum Gasteiger partial charge on any atom is 0.408 e. The van der Waals surface area contributed by atoms with Gasteiger partial charge in [0.2, 0.25) is 11.8 Å². The van der Waals surface area contributed by atoms with E-state index in [1.165, 1.54) is 0 Å². The summed E-state index contributed by atoms with van der Waals surface area (Å²) < 4.78 is 10.00. The number of rotatable bonds is 10. The minimum Gasteiger partial charge on any atom is -0.466 e. The lowest BCUT2D eigenvalue weighted by Crippen LogP contribution is -2.48. The SMILES string of the molecule is CCOC(=O)CCNC(=O)C(c1ccc(C)c(C)c1)N(CC#N)C(=O)CNC(=O)OC(C)(C)C. The number of aryl methyl sites for hydroxylation is 2. The van der Waals surface area contributed by atoms with Crippen molar-refractivity contribution < 1.29 is 28.7 Å². The van der Waals surface area contributed by atoms with Crippen LogP contribution in [0, 0.1) is 25.2 Å². The van der Waals surface area contributed by atoms with Gasteiger partial charge in [0.25, 0.3) is 0 Å². The number of nitriles is 1. The predicted molar refractivity (Wildman–Crippen MR) is 124 cm³/mol. The van der Waals surface area contributed by atoms with Crippen molar-refractivity contribution in [3.05, 3.63) is 34.9 Å². The monoisotopic (exact) mass is 474 g/mol. The molecule has 1 aromatic rings. The molecule has 0 saturated heterocycles. The van der Waals surface area contributed by atoms with Gasteiger partial charge in [0, 0.05) is 6.54 Å². The van der Waals surface area contributed by atoms with Gasteiger partial charge in [0.05, 0.1) is 19.1 Å². The summed E-state index contributed by atoms with van der Waals surface area (Å²) in [5.74, 6) is -1.67. The molecule has 0 aromatic heterocycles. The van der Waals surface area contributed by atoms with E-state index in [1.807, 2.05) is 26.0 Å². The fourth-order valence-corrected chi connectivity index (χ4v) is 2.99. The largest absolute Gasteiger partial charge is 0.466 e. The van der Waals surface area contributed by atoms with E-state index in [2.05, 4.69) is 10.6 Å². The first-order valence-corrected chi connectivity index (χ1v) is 11.0. The zero-order chi connectivity index (χ0) is 25.9. The standard InChI is InChI=1S/C24H34N4O6/c1-7-33-20(30)10-12-26-22(31)21(18-9-8-16(2)17(3)14-18)28(13-11-25)19(29)15-27-23(32)34-24(4,5)6/h8-9,14,21H,7,10,12-13,15H2,1-6H3,(H,26,31)(H,27,32). The topological polar surface area (TPSA) is 138 Å². The summed E-state index contributed by atoms with van der Waals surface area (Å²) >= 11 is 0. The van der Waals surface area contributed by atoms with Crippen molar-refractivity contribution in [1.29, 1.82) is 5.26 Å². The molecule has 3 amide bonds. The number of benzene rings is 1. The lowest BCUT2D eigenvalue weighted by atomic mass is 9.99. The van der Waals surface area contributed by atoms with E-state index < -0.39 is 48.6 Å². The van der Waals surface area contributed by atoms with E-state index in [4.69, 9.17) is 9.47 Å². The minimum absolute atomic E-state index is 0.00372. The average molecular weight is 475 g/mol. The predicted octanol–water partition coefficient (Wildman–Crippen LogP) is 2.29. The van der Waals surface area contributed by atoms with Crippen molar-refractivity contribution in [2.45, 2.75) is 59.6 Å². The van der Waals surface area contributed by atoms with Crippen LogP contribution in [-0.2, 0) is 23.9 Å². The maximum absolute atomic E-state index is 13.1. The zero-order valence-electron chi connectivity index (χ0n) is 20.7. The van der Waals surface area contributed by atoms with Crippen LogP contribution in [0.15, 0.2) is 18.2 Å². The number of hydrogen-bond donors (Lipinski definition) is 2. The fourth-order valence-electron chi connectivity index (χ4n) is 2.99. The van der Waals surface area contributed by atoms with Crippen LogP contribution in [0.3, 0.4) is 0 Å². The van der Waals surface area contributed by atoms with E-state index in [9.17, 15) is 24.4 Å². The molecule has 0 radical (unpaired) electrons. The molecule has 34 heavy (non-hydrogen) atoms. The Morgan fingerprint density at radius 3 is 2.35 bits per heavy atom. The summed E-state index contributed by atoms with van der Waals surface area (Å²) in [4.78, 5) is 50.8. The highest BCUT2D eigenvalue weighted by molar-refractivity contribution is 5.90. The summed E-state index contributed by atoms with van der Waals surface area (Å²) in [6, 6.07) is 6.05. The second kappa shape index (κ2) is 13.2. The Bertz CT molecular complexity index is 932. The fraction of sp³-hybridized carbons (Fsp3) is 0.542. The van der Waals surface area contributed by atoms with Crippen LogP contribution in [0.2, 0.25) is 0 Å².